The third kappa shape index (κ3) is 5.31. The van der Waals surface area contributed by atoms with Crippen LogP contribution in [0.5, 0.6) is 11.5 Å². The maximum atomic E-state index is 13.0. The van der Waals surface area contributed by atoms with Crippen molar-refractivity contribution in [3.05, 3.63) is 40.4 Å². The summed E-state index contributed by atoms with van der Waals surface area (Å²) in [7, 11) is 3.14. The molecule has 2 aromatic carbocycles. The standard InChI is InChI=1S/C26H31BrN4O4/c1-34-22-12-19-20(14-23(22)35-2)30-24(32)13-18-17-11-16(27)7-8-21(17)31(26(18)19)15-25(33)29-10-6-4-3-5-9-28/h7-8,11-12,14H,3-6,9-10,13,15,28H2,1-2H3,(H,29,33)(H,30,32). The zero-order valence-corrected chi connectivity index (χ0v) is 21.7. The molecule has 1 aliphatic heterocycles. The number of hydrogen-bond donors (Lipinski definition) is 3. The van der Waals surface area contributed by atoms with Crippen LogP contribution in [0.4, 0.5) is 5.69 Å². The normalized spacial score (nSPS) is 12.5. The summed E-state index contributed by atoms with van der Waals surface area (Å²) in [4.78, 5) is 25.9. The van der Waals surface area contributed by atoms with Crippen LogP contribution in [-0.4, -0.2) is 43.7 Å². The number of methoxy groups -OCH3 is 2. The van der Waals surface area contributed by atoms with Gasteiger partial charge in [-0.05, 0) is 49.2 Å². The Bertz CT molecular complexity index is 1250. The van der Waals surface area contributed by atoms with Crippen LogP contribution in [0.1, 0.15) is 31.2 Å². The number of unbranched alkanes of at least 4 members (excludes halogenated alkanes) is 3. The molecule has 0 spiro atoms. The second kappa shape index (κ2) is 11.1. The molecule has 3 aromatic rings. The van der Waals surface area contributed by atoms with E-state index < -0.39 is 0 Å². The molecule has 0 bridgehead atoms. The molecule has 0 aliphatic carbocycles. The minimum Gasteiger partial charge on any atom is -0.493 e. The number of fused-ring (bicyclic) bond motifs is 5. The zero-order valence-electron chi connectivity index (χ0n) is 20.1. The fourth-order valence-electron chi connectivity index (χ4n) is 4.63. The first-order valence-electron chi connectivity index (χ1n) is 11.8. The second-order valence-corrected chi connectivity index (χ2v) is 9.52. The highest BCUT2D eigenvalue weighted by molar-refractivity contribution is 9.10. The minimum atomic E-state index is -0.127. The Morgan fingerprint density at radius 2 is 1.86 bits per heavy atom. The number of benzene rings is 2. The number of carbonyl (C=O) groups excluding carboxylic acids is 2. The van der Waals surface area contributed by atoms with E-state index in [0.717, 1.165) is 57.9 Å². The number of hydrogen-bond acceptors (Lipinski definition) is 5. The van der Waals surface area contributed by atoms with Crippen molar-refractivity contribution < 1.29 is 19.1 Å². The summed E-state index contributed by atoms with van der Waals surface area (Å²) in [5, 5.41) is 6.97. The number of anilines is 1. The molecule has 4 N–H and O–H groups in total. The number of ether oxygens (including phenoxy) is 2. The molecule has 0 radical (unpaired) electrons. The van der Waals surface area contributed by atoms with E-state index in [4.69, 9.17) is 15.2 Å². The third-order valence-corrected chi connectivity index (χ3v) is 6.77. The molecular formula is C26H31BrN4O4. The highest BCUT2D eigenvalue weighted by atomic mass is 79.9. The average molecular weight is 543 g/mol. The molecule has 9 heteroatoms. The summed E-state index contributed by atoms with van der Waals surface area (Å²) in [6.07, 6.45) is 4.22. The van der Waals surface area contributed by atoms with Crippen molar-refractivity contribution in [2.24, 2.45) is 5.73 Å². The molecule has 1 aromatic heterocycles. The molecule has 35 heavy (non-hydrogen) atoms. The Kier molecular flexibility index (Phi) is 7.97. The summed E-state index contributed by atoms with van der Waals surface area (Å²) in [6, 6.07) is 9.55. The topological polar surface area (TPSA) is 108 Å². The van der Waals surface area contributed by atoms with Crippen molar-refractivity contribution >= 4 is 44.3 Å². The molecule has 2 amide bonds. The Balaban J connectivity index is 1.76. The van der Waals surface area contributed by atoms with Crippen molar-refractivity contribution in [3.63, 3.8) is 0 Å². The first kappa shape index (κ1) is 25.1. The predicted molar refractivity (Wildman–Crippen MR) is 141 cm³/mol. The van der Waals surface area contributed by atoms with Gasteiger partial charge in [-0.25, -0.2) is 0 Å². The van der Waals surface area contributed by atoms with Crippen LogP contribution in [-0.2, 0) is 22.6 Å². The monoisotopic (exact) mass is 542 g/mol. The number of aromatic nitrogens is 1. The summed E-state index contributed by atoms with van der Waals surface area (Å²) >= 11 is 3.55. The van der Waals surface area contributed by atoms with E-state index >= 15 is 0 Å². The zero-order chi connectivity index (χ0) is 24.9. The van der Waals surface area contributed by atoms with Gasteiger partial charge in [0.05, 0.1) is 32.0 Å². The van der Waals surface area contributed by atoms with Crippen molar-refractivity contribution in [1.82, 2.24) is 9.88 Å². The maximum absolute atomic E-state index is 13.0. The summed E-state index contributed by atoms with van der Waals surface area (Å²) in [5.74, 6) is 0.872. The molecule has 0 saturated carbocycles. The quantitative estimate of drug-likeness (QED) is 0.332. The van der Waals surface area contributed by atoms with Crippen molar-refractivity contribution in [3.8, 4) is 22.8 Å². The molecule has 0 unspecified atom stereocenters. The average Bonchev–Trinajstić information content (AvgIpc) is 3.03. The third-order valence-electron chi connectivity index (χ3n) is 6.28. The van der Waals surface area contributed by atoms with Crippen LogP contribution in [0, 0.1) is 0 Å². The highest BCUT2D eigenvalue weighted by Crippen LogP contribution is 2.45. The predicted octanol–water partition coefficient (Wildman–Crippen LogP) is 4.22. The van der Waals surface area contributed by atoms with Crippen LogP contribution in [0.2, 0.25) is 0 Å². The molecule has 1 aliphatic rings. The maximum Gasteiger partial charge on any atom is 0.239 e. The molecule has 4 rings (SSSR count). The number of nitrogens with two attached hydrogens (primary N) is 1. The number of carbonyl (C=O) groups is 2. The lowest BCUT2D eigenvalue weighted by molar-refractivity contribution is -0.121. The molecular weight excluding hydrogens is 512 g/mol. The minimum absolute atomic E-state index is 0.0722. The van der Waals surface area contributed by atoms with E-state index in [0.29, 0.717) is 30.3 Å². The Hall–Kier alpha value is -3.04. The van der Waals surface area contributed by atoms with Crippen LogP contribution in [0.15, 0.2) is 34.8 Å². The van der Waals surface area contributed by atoms with Gasteiger partial charge in [-0.1, -0.05) is 28.8 Å². The summed E-state index contributed by atoms with van der Waals surface area (Å²) < 4.78 is 13.9. The van der Waals surface area contributed by atoms with Crippen molar-refractivity contribution in [1.29, 1.82) is 0 Å². The van der Waals surface area contributed by atoms with Crippen LogP contribution in [0.25, 0.3) is 22.2 Å². The summed E-state index contributed by atoms with van der Waals surface area (Å²) in [6.45, 7) is 1.46. The SMILES string of the molecule is COc1cc2c(cc1OC)-c1c(c3cc(Br)ccc3n1CC(=O)NCCCCCCN)CC(=O)N2. The van der Waals surface area contributed by atoms with E-state index in [2.05, 4.69) is 26.6 Å². The van der Waals surface area contributed by atoms with Gasteiger partial charge in [0, 0.05) is 33.6 Å². The van der Waals surface area contributed by atoms with Crippen LogP contribution < -0.4 is 25.8 Å². The van der Waals surface area contributed by atoms with Crippen molar-refractivity contribution in [2.45, 2.75) is 38.6 Å². The van der Waals surface area contributed by atoms with E-state index in [1.54, 1.807) is 20.3 Å². The van der Waals surface area contributed by atoms with Gasteiger partial charge >= 0.3 is 0 Å². The Labute approximate surface area is 213 Å². The number of nitrogens with one attached hydrogen (secondary N) is 2. The van der Waals surface area contributed by atoms with Gasteiger partial charge in [0.1, 0.15) is 6.54 Å². The van der Waals surface area contributed by atoms with E-state index in [9.17, 15) is 9.59 Å². The first-order chi connectivity index (χ1) is 17.0. The van der Waals surface area contributed by atoms with Gasteiger partial charge in [0.2, 0.25) is 11.8 Å². The van der Waals surface area contributed by atoms with Crippen molar-refractivity contribution in [2.75, 3.05) is 32.6 Å². The Morgan fingerprint density at radius 3 is 2.60 bits per heavy atom. The fourth-order valence-corrected chi connectivity index (χ4v) is 4.99. The summed E-state index contributed by atoms with van der Waals surface area (Å²) in [5.41, 5.74) is 9.55. The second-order valence-electron chi connectivity index (χ2n) is 8.61. The van der Waals surface area contributed by atoms with Gasteiger partial charge in [-0.2, -0.15) is 0 Å². The lowest BCUT2D eigenvalue weighted by Crippen LogP contribution is -2.28. The van der Waals surface area contributed by atoms with Gasteiger partial charge < -0.3 is 30.4 Å². The van der Waals surface area contributed by atoms with E-state index in [-0.39, 0.29) is 24.8 Å². The van der Waals surface area contributed by atoms with Gasteiger partial charge in [-0.3, -0.25) is 9.59 Å². The largest absolute Gasteiger partial charge is 0.493 e. The molecule has 0 fully saturated rings. The lowest BCUT2D eigenvalue weighted by atomic mass is 10.0. The number of amides is 2. The molecule has 0 atom stereocenters. The van der Waals surface area contributed by atoms with E-state index in [1.165, 1.54) is 0 Å². The Morgan fingerprint density at radius 1 is 1.11 bits per heavy atom. The highest BCUT2D eigenvalue weighted by Gasteiger charge is 2.28. The number of nitrogens with zero attached hydrogens (tertiary/aromatic N) is 1. The molecule has 8 nitrogen and oxygen atoms in total. The molecule has 186 valence electrons. The smallest absolute Gasteiger partial charge is 0.239 e. The number of rotatable bonds is 10. The molecule has 2 heterocycles. The fraction of sp³-hybridized carbons (Fsp3) is 0.385. The van der Waals surface area contributed by atoms with E-state index in [1.807, 2.05) is 28.8 Å². The lowest BCUT2D eigenvalue weighted by Gasteiger charge is -2.17. The first-order valence-corrected chi connectivity index (χ1v) is 12.6. The molecule has 0 saturated heterocycles. The van der Waals surface area contributed by atoms with Gasteiger partial charge in [0.25, 0.3) is 0 Å². The number of halogens is 1. The van der Waals surface area contributed by atoms with Crippen LogP contribution >= 0.6 is 15.9 Å². The van der Waals surface area contributed by atoms with Gasteiger partial charge in [-0.15, -0.1) is 0 Å². The van der Waals surface area contributed by atoms with Crippen LogP contribution in [0.3, 0.4) is 0 Å². The van der Waals surface area contributed by atoms with Gasteiger partial charge in [0.15, 0.2) is 11.5 Å².